The van der Waals surface area contributed by atoms with Crippen molar-refractivity contribution in [3.63, 3.8) is 0 Å². The SMILES string of the molecule is CC(=O)N1CCN(C(=O)c2cncc(Nc3cc(C)cc(C)c3)c2)CC1. The highest BCUT2D eigenvalue weighted by atomic mass is 16.2. The standard InChI is InChI=1S/C20H24N4O2/c1-14-8-15(2)10-18(9-14)22-19-11-17(12-21-13-19)20(26)24-6-4-23(5-7-24)16(3)25/h8-13,22H,4-7H2,1-3H3. The molecule has 1 aliphatic heterocycles. The number of hydrogen-bond donors (Lipinski definition) is 1. The Morgan fingerprint density at radius 1 is 0.885 bits per heavy atom. The number of hydrogen-bond acceptors (Lipinski definition) is 4. The summed E-state index contributed by atoms with van der Waals surface area (Å²) in [6, 6.07) is 8.05. The van der Waals surface area contributed by atoms with E-state index in [2.05, 4.69) is 42.3 Å². The van der Waals surface area contributed by atoms with E-state index in [0.717, 1.165) is 11.4 Å². The van der Waals surface area contributed by atoms with Gasteiger partial charge < -0.3 is 15.1 Å². The van der Waals surface area contributed by atoms with Crippen LogP contribution < -0.4 is 5.32 Å². The van der Waals surface area contributed by atoms with Gasteiger partial charge in [0.15, 0.2) is 0 Å². The number of carbonyl (C=O) groups is 2. The molecule has 0 radical (unpaired) electrons. The molecule has 2 heterocycles. The lowest BCUT2D eigenvalue weighted by Gasteiger charge is -2.34. The van der Waals surface area contributed by atoms with Gasteiger partial charge in [-0.25, -0.2) is 0 Å². The monoisotopic (exact) mass is 352 g/mol. The molecule has 1 aliphatic rings. The van der Waals surface area contributed by atoms with Crippen LogP contribution in [0.15, 0.2) is 36.7 Å². The van der Waals surface area contributed by atoms with Gasteiger partial charge in [0.1, 0.15) is 0 Å². The Bertz CT molecular complexity index is 806. The summed E-state index contributed by atoms with van der Waals surface area (Å²) in [5.74, 6) is 0.00295. The lowest BCUT2D eigenvalue weighted by atomic mass is 10.1. The van der Waals surface area contributed by atoms with Crippen LogP contribution in [0.4, 0.5) is 11.4 Å². The number of piperazine rings is 1. The van der Waals surface area contributed by atoms with Gasteiger partial charge in [-0.15, -0.1) is 0 Å². The largest absolute Gasteiger partial charge is 0.354 e. The van der Waals surface area contributed by atoms with E-state index in [0.29, 0.717) is 31.7 Å². The number of pyridine rings is 1. The number of amides is 2. The van der Waals surface area contributed by atoms with Crippen molar-refractivity contribution in [1.29, 1.82) is 0 Å². The topological polar surface area (TPSA) is 65.5 Å². The zero-order chi connectivity index (χ0) is 18.7. The summed E-state index contributed by atoms with van der Waals surface area (Å²) < 4.78 is 0. The maximum Gasteiger partial charge on any atom is 0.255 e. The van der Waals surface area contributed by atoms with E-state index in [-0.39, 0.29) is 11.8 Å². The first kappa shape index (κ1) is 17.9. The van der Waals surface area contributed by atoms with Crippen molar-refractivity contribution < 1.29 is 9.59 Å². The van der Waals surface area contributed by atoms with Gasteiger partial charge in [0.25, 0.3) is 5.91 Å². The third-order valence-corrected chi connectivity index (χ3v) is 4.51. The van der Waals surface area contributed by atoms with Crippen molar-refractivity contribution in [3.05, 3.63) is 53.3 Å². The van der Waals surface area contributed by atoms with E-state index in [1.165, 1.54) is 11.1 Å². The Morgan fingerprint density at radius 2 is 1.50 bits per heavy atom. The lowest BCUT2D eigenvalue weighted by molar-refractivity contribution is -0.130. The number of rotatable bonds is 3. The van der Waals surface area contributed by atoms with Crippen molar-refractivity contribution in [2.45, 2.75) is 20.8 Å². The van der Waals surface area contributed by atoms with Crippen molar-refractivity contribution in [1.82, 2.24) is 14.8 Å². The zero-order valence-corrected chi connectivity index (χ0v) is 15.5. The van der Waals surface area contributed by atoms with Crippen LogP contribution in [0.2, 0.25) is 0 Å². The fourth-order valence-corrected chi connectivity index (χ4v) is 3.25. The fourth-order valence-electron chi connectivity index (χ4n) is 3.25. The normalized spacial score (nSPS) is 14.3. The first-order chi connectivity index (χ1) is 12.4. The molecule has 6 nitrogen and oxygen atoms in total. The van der Waals surface area contributed by atoms with Crippen LogP contribution in [-0.4, -0.2) is 52.8 Å². The maximum absolute atomic E-state index is 12.7. The molecule has 136 valence electrons. The molecule has 0 bridgehead atoms. The van der Waals surface area contributed by atoms with Crippen LogP contribution in [0.25, 0.3) is 0 Å². The van der Waals surface area contributed by atoms with Gasteiger partial charge in [-0.1, -0.05) is 6.07 Å². The number of aromatic nitrogens is 1. The summed E-state index contributed by atoms with van der Waals surface area (Å²) in [5, 5.41) is 3.32. The quantitative estimate of drug-likeness (QED) is 0.922. The van der Waals surface area contributed by atoms with Gasteiger partial charge in [0.2, 0.25) is 5.91 Å². The zero-order valence-electron chi connectivity index (χ0n) is 15.5. The summed E-state index contributed by atoms with van der Waals surface area (Å²) in [6.07, 6.45) is 3.30. The third-order valence-electron chi connectivity index (χ3n) is 4.51. The molecule has 1 saturated heterocycles. The van der Waals surface area contributed by atoms with E-state index in [9.17, 15) is 9.59 Å². The second-order valence-electron chi connectivity index (χ2n) is 6.76. The van der Waals surface area contributed by atoms with E-state index in [4.69, 9.17) is 0 Å². The lowest BCUT2D eigenvalue weighted by Crippen LogP contribution is -2.50. The molecule has 0 saturated carbocycles. The molecular weight excluding hydrogens is 328 g/mol. The first-order valence-corrected chi connectivity index (χ1v) is 8.77. The number of carbonyl (C=O) groups excluding carboxylic acids is 2. The predicted octanol–water partition coefficient (Wildman–Crippen LogP) is 2.75. The van der Waals surface area contributed by atoms with Gasteiger partial charge in [0.05, 0.1) is 17.4 Å². The van der Waals surface area contributed by atoms with Crippen LogP contribution in [0.5, 0.6) is 0 Å². The molecule has 1 fully saturated rings. The molecule has 0 aliphatic carbocycles. The molecule has 6 heteroatoms. The Morgan fingerprint density at radius 3 is 2.12 bits per heavy atom. The number of anilines is 2. The Labute approximate surface area is 153 Å². The summed E-state index contributed by atoms with van der Waals surface area (Å²) in [4.78, 5) is 31.9. The van der Waals surface area contributed by atoms with Crippen molar-refractivity contribution >= 4 is 23.2 Å². The minimum Gasteiger partial charge on any atom is -0.354 e. The summed E-state index contributed by atoms with van der Waals surface area (Å²) in [7, 11) is 0. The van der Waals surface area contributed by atoms with Crippen molar-refractivity contribution in [2.75, 3.05) is 31.5 Å². The average molecular weight is 352 g/mol. The number of nitrogens with one attached hydrogen (secondary N) is 1. The van der Waals surface area contributed by atoms with Crippen LogP contribution >= 0.6 is 0 Å². The first-order valence-electron chi connectivity index (χ1n) is 8.77. The minimum atomic E-state index is -0.0511. The third kappa shape index (κ3) is 4.20. The van der Waals surface area contributed by atoms with Crippen LogP contribution in [-0.2, 0) is 4.79 Å². The summed E-state index contributed by atoms with van der Waals surface area (Å²) in [6.45, 7) is 7.92. The van der Waals surface area contributed by atoms with Gasteiger partial charge in [-0.3, -0.25) is 14.6 Å². The highest BCUT2D eigenvalue weighted by molar-refractivity contribution is 5.95. The molecule has 2 aromatic rings. The second kappa shape index (κ2) is 7.56. The highest BCUT2D eigenvalue weighted by Gasteiger charge is 2.23. The molecule has 0 spiro atoms. The number of nitrogens with zero attached hydrogens (tertiary/aromatic N) is 3. The van der Waals surface area contributed by atoms with Crippen molar-refractivity contribution in [2.24, 2.45) is 0 Å². The van der Waals surface area contributed by atoms with Gasteiger partial charge in [-0.05, 0) is 43.2 Å². The molecule has 1 N–H and O–H groups in total. The predicted molar refractivity (Wildman–Crippen MR) is 102 cm³/mol. The van der Waals surface area contributed by atoms with E-state index in [1.807, 2.05) is 6.07 Å². The Hall–Kier alpha value is -2.89. The van der Waals surface area contributed by atoms with Crippen molar-refractivity contribution in [3.8, 4) is 0 Å². The summed E-state index contributed by atoms with van der Waals surface area (Å²) in [5.41, 5.74) is 4.66. The molecule has 1 aromatic carbocycles. The molecule has 3 rings (SSSR count). The molecule has 26 heavy (non-hydrogen) atoms. The van der Waals surface area contributed by atoms with Crippen LogP contribution in [0.1, 0.15) is 28.4 Å². The molecule has 1 aromatic heterocycles. The van der Waals surface area contributed by atoms with E-state index in [1.54, 1.807) is 29.1 Å². The second-order valence-corrected chi connectivity index (χ2v) is 6.76. The average Bonchev–Trinajstić information content (AvgIpc) is 2.60. The molecule has 0 unspecified atom stereocenters. The maximum atomic E-state index is 12.7. The molecular formula is C20H24N4O2. The molecule has 2 amide bonds. The summed E-state index contributed by atoms with van der Waals surface area (Å²) >= 11 is 0. The molecule has 0 atom stereocenters. The Kier molecular flexibility index (Phi) is 5.21. The Balaban J connectivity index is 1.71. The minimum absolute atomic E-state index is 0.0511. The van der Waals surface area contributed by atoms with Gasteiger partial charge in [-0.2, -0.15) is 0 Å². The van der Waals surface area contributed by atoms with E-state index < -0.39 is 0 Å². The van der Waals surface area contributed by atoms with Gasteiger partial charge in [0, 0.05) is 45.0 Å². The number of aryl methyl sites for hydroxylation is 2. The smallest absolute Gasteiger partial charge is 0.255 e. The van der Waals surface area contributed by atoms with Crippen LogP contribution in [0, 0.1) is 13.8 Å². The fraction of sp³-hybridized carbons (Fsp3) is 0.350. The number of benzene rings is 1. The highest BCUT2D eigenvalue weighted by Crippen LogP contribution is 2.20. The van der Waals surface area contributed by atoms with Crippen LogP contribution in [0.3, 0.4) is 0 Å². The van der Waals surface area contributed by atoms with Gasteiger partial charge >= 0.3 is 0 Å². The van der Waals surface area contributed by atoms with E-state index >= 15 is 0 Å².